The number of benzene rings is 1. The van der Waals surface area contributed by atoms with Crippen LogP contribution in [0.15, 0.2) is 66.0 Å². The average Bonchev–Trinajstić information content (AvgIpc) is 3.17. The summed E-state index contributed by atoms with van der Waals surface area (Å²) >= 11 is 0. The van der Waals surface area contributed by atoms with Crippen molar-refractivity contribution in [3.63, 3.8) is 0 Å². The number of H-pyrrole nitrogens is 1. The van der Waals surface area contributed by atoms with Crippen LogP contribution in [0.5, 0.6) is 0 Å². The fourth-order valence-corrected chi connectivity index (χ4v) is 2.81. The highest BCUT2D eigenvalue weighted by Crippen LogP contribution is 2.16. The van der Waals surface area contributed by atoms with Gasteiger partial charge in [0.2, 0.25) is 0 Å². The fourth-order valence-electron chi connectivity index (χ4n) is 2.81. The van der Waals surface area contributed by atoms with Gasteiger partial charge in [-0.15, -0.1) is 0 Å². The van der Waals surface area contributed by atoms with Gasteiger partial charge < -0.3 is 15.2 Å². The molecule has 1 aromatic carbocycles. The molecule has 3 aromatic rings. The van der Waals surface area contributed by atoms with Crippen LogP contribution in [-0.2, 0) is 13.0 Å². The monoisotopic (exact) mass is 362 g/mol. The van der Waals surface area contributed by atoms with Gasteiger partial charge in [0.05, 0.1) is 18.4 Å². The van der Waals surface area contributed by atoms with E-state index < -0.39 is 0 Å². The second kappa shape index (κ2) is 9.52. The lowest BCUT2D eigenvalue weighted by Crippen LogP contribution is -2.38. The van der Waals surface area contributed by atoms with Crippen molar-refractivity contribution in [1.29, 1.82) is 0 Å². The molecule has 2 N–H and O–H groups in total. The molecule has 6 nitrogen and oxygen atoms in total. The Balaban J connectivity index is 1.62. The van der Waals surface area contributed by atoms with E-state index in [0.717, 1.165) is 36.0 Å². The van der Waals surface area contributed by atoms with Crippen molar-refractivity contribution < 1.29 is 0 Å². The molecule has 0 amide bonds. The standard InChI is InChI=1S/C21H26N6/c1-3-23-21(24-13-11-17-8-7-12-22-14-17)27(2)16-20-25-15-19(26-20)18-9-5-4-6-10-18/h4-10,12,14-15H,3,11,13,16H2,1-2H3,(H,23,24)(H,25,26). The minimum atomic E-state index is 0.658. The number of aliphatic imine (C=N–C) groups is 1. The first kappa shape index (κ1) is 18.6. The van der Waals surface area contributed by atoms with Gasteiger partial charge in [0, 0.05) is 32.5 Å². The van der Waals surface area contributed by atoms with Gasteiger partial charge in [-0.2, -0.15) is 0 Å². The zero-order valence-electron chi connectivity index (χ0n) is 15.9. The minimum absolute atomic E-state index is 0.658. The topological polar surface area (TPSA) is 69.2 Å². The largest absolute Gasteiger partial charge is 0.357 e. The van der Waals surface area contributed by atoms with E-state index >= 15 is 0 Å². The molecule has 0 unspecified atom stereocenters. The van der Waals surface area contributed by atoms with Crippen LogP contribution in [0.25, 0.3) is 11.3 Å². The summed E-state index contributed by atoms with van der Waals surface area (Å²) in [5.41, 5.74) is 3.35. The van der Waals surface area contributed by atoms with Crippen LogP contribution in [0.3, 0.4) is 0 Å². The maximum Gasteiger partial charge on any atom is 0.194 e. The summed E-state index contributed by atoms with van der Waals surface area (Å²) < 4.78 is 0. The Morgan fingerprint density at radius 1 is 1.15 bits per heavy atom. The van der Waals surface area contributed by atoms with Crippen LogP contribution in [0, 0.1) is 0 Å². The second-order valence-electron chi connectivity index (χ2n) is 6.31. The Morgan fingerprint density at radius 3 is 2.74 bits per heavy atom. The van der Waals surface area contributed by atoms with Crippen molar-refractivity contribution in [3.8, 4) is 11.3 Å². The van der Waals surface area contributed by atoms with E-state index in [2.05, 4.69) is 50.3 Å². The third kappa shape index (κ3) is 5.41. The molecule has 2 heterocycles. The van der Waals surface area contributed by atoms with Gasteiger partial charge in [-0.25, -0.2) is 4.98 Å². The van der Waals surface area contributed by atoms with Crippen LogP contribution in [0.1, 0.15) is 18.3 Å². The summed E-state index contributed by atoms with van der Waals surface area (Å²) in [6, 6.07) is 14.3. The number of aromatic amines is 1. The maximum absolute atomic E-state index is 4.73. The molecule has 3 rings (SSSR count). The molecule has 0 aliphatic carbocycles. The lowest BCUT2D eigenvalue weighted by atomic mass is 10.2. The molecule has 27 heavy (non-hydrogen) atoms. The van der Waals surface area contributed by atoms with Gasteiger partial charge in [-0.1, -0.05) is 36.4 Å². The number of nitrogens with one attached hydrogen (secondary N) is 2. The number of rotatable bonds is 7. The summed E-state index contributed by atoms with van der Waals surface area (Å²) in [6.45, 7) is 4.27. The van der Waals surface area contributed by atoms with Gasteiger partial charge in [0.25, 0.3) is 0 Å². The van der Waals surface area contributed by atoms with E-state index in [9.17, 15) is 0 Å². The lowest BCUT2D eigenvalue weighted by molar-refractivity contribution is 0.464. The van der Waals surface area contributed by atoms with E-state index in [0.29, 0.717) is 13.1 Å². The van der Waals surface area contributed by atoms with Crippen LogP contribution < -0.4 is 5.32 Å². The molecule has 0 aliphatic heterocycles. The van der Waals surface area contributed by atoms with E-state index in [-0.39, 0.29) is 0 Å². The molecule has 6 heteroatoms. The first-order valence-electron chi connectivity index (χ1n) is 9.24. The summed E-state index contributed by atoms with van der Waals surface area (Å²) in [5, 5.41) is 3.35. The average molecular weight is 362 g/mol. The third-order valence-electron chi connectivity index (χ3n) is 4.18. The molecular weight excluding hydrogens is 336 g/mol. The Bertz CT molecular complexity index is 841. The highest BCUT2D eigenvalue weighted by atomic mass is 15.3. The summed E-state index contributed by atoms with van der Waals surface area (Å²) in [6.07, 6.45) is 6.43. The SMILES string of the molecule is CCNC(=NCCc1cccnc1)N(C)Cc1ncc(-c2ccccc2)[nH]1. The van der Waals surface area contributed by atoms with Crippen molar-refractivity contribution in [3.05, 3.63) is 72.4 Å². The van der Waals surface area contributed by atoms with E-state index in [4.69, 9.17) is 4.99 Å². The molecule has 0 saturated carbocycles. The van der Waals surface area contributed by atoms with Crippen molar-refractivity contribution >= 4 is 5.96 Å². The van der Waals surface area contributed by atoms with Crippen molar-refractivity contribution in [2.45, 2.75) is 19.9 Å². The van der Waals surface area contributed by atoms with Gasteiger partial charge in [-0.3, -0.25) is 9.98 Å². The van der Waals surface area contributed by atoms with Crippen molar-refractivity contribution in [1.82, 2.24) is 25.2 Å². The highest BCUT2D eigenvalue weighted by molar-refractivity contribution is 5.79. The first-order valence-corrected chi connectivity index (χ1v) is 9.24. The first-order chi connectivity index (χ1) is 13.3. The van der Waals surface area contributed by atoms with Crippen LogP contribution >= 0.6 is 0 Å². The van der Waals surface area contributed by atoms with Crippen LogP contribution in [0.2, 0.25) is 0 Å². The number of imidazole rings is 1. The molecule has 0 radical (unpaired) electrons. The van der Waals surface area contributed by atoms with Gasteiger partial charge in [-0.05, 0) is 30.5 Å². The Hall–Kier alpha value is -3.15. The van der Waals surface area contributed by atoms with Gasteiger partial charge >= 0.3 is 0 Å². The minimum Gasteiger partial charge on any atom is -0.357 e. The fraction of sp³-hybridized carbons (Fsp3) is 0.286. The van der Waals surface area contributed by atoms with Crippen LogP contribution in [0.4, 0.5) is 0 Å². The predicted octanol–water partition coefficient (Wildman–Crippen LogP) is 3.11. The molecule has 0 fully saturated rings. The van der Waals surface area contributed by atoms with Crippen molar-refractivity contribution in [2.75, 3.05) is 20.1 Å². The van der Waals surface area contributed by atoms with Crippen LogP contribution in [-0.4, -0.2) is 45.9 Å². The number of nitrogens with zero attached hydrogens (tertiary/aromatic N) is 4. The maximum atomic E-state index is 4.73. The third-order valence-corrected chi connectivity index (χ3v) is 4.18. The zero-order valence-corrected chi connectivity index (χ0v) is 15.9. The molecule has 0 atom stereocenters. The number of pyridine rings is 1. The van der Waals surface area contributed by atoms with Gasteiger partial charge in [0.1, 0.15) is 5.82 Å². The summed E-state index contributed by atoms with van der Waals surface area (Å²) in [5.74, 6) is 1.79. The normalized spacial score (nSPS) is 11.4. The van der Waals surface area contributed by atoms with E-state index in [1.165, 1.54) is 5.56 Å². The number of aromatic nitrogens is 3. The van der Waals surface area contributed by atoms with Gasteiger partial charge in [0.15, 0.2) is 5.96 Å². The van der Waals surface area contributed by atoms with Crippen molar-refractivity contribution in [2.24, 2.45) is 4.99 Å². The zero-order chi connectivity index (χ0) is 18.9. The number of hydrogen-bond acceptors (Lipinski definition) is 3. The Morgan fingerprint density at radius 2 is 2.00 bits per heavy atom. The number of guanidine groups is 1. The Kier molecular flexibility index (Phi) is 6.57. The smallest absolute Gasteiger partial charge is 0.194 e. The van der Waals surface area contributed by atoms with E-state index in [1.807, 2.05) is 43.7 Å². The molecule has 0 saturated heterocycles. The molecular formula is C21H26N6. The number of hydrogen-bond donors (Lipinski definition) is 2. The lowest BCUT2D eigenvalue weighted by Gasteiger charge is -2.21. The quantitative estimate of drug-likeness (QED) is 0.500. The molecule has 0 bridgehead atoms. The molecule has 0 aliphatic rings. The highest BCUT2D eigenvalue weighted by Gasteiger charge is 2.09. The molecule has 140 valence electrons. The second-order valence-corrected chi connectivity index (χ2v) is 6.31. The predicted molar refractivity (Wildman–Crippen MR) is 109 cm³/mol. The summed E-state index contributed by atoms with van der Waals surface area (Å²) in [7, 11) is 2.02. The molecule has 0 spiro atoms. The molecule has 2 aromatic heterocycles. The summed E-state index contributed by atoms with van der Waals surface area (Å²) in [4.78, 5) is 18.9. The van der Waals surface area contributed by atoms with E-state index in [1.54, 1.807) is 6.20 Å². The Labute approximate surface area is 160 Å².